The van der Waals surface area contributed by atoms with Crippen molar-refractivity contribution in [3.8, 4) is 6.07 Å². The maximum absolute atomic E-state index is 13.9. The van der Waals surface area contributed by atoms with E-state index < -0.39 is 16.1 Å². The quantitative estimate of drug-likeness (QED) is 0.646. The van der Waals surface area contributed by atoms with Gasteiger partial charge in [0.05, 0.1) is 27.7 Å². The average molecular weight is 402 g/mol. The fraction of sp³-hybridized carbons (Fsp3) is 0.111. The van der Waals surface area contributed by atoms with Crippen molar-refractivity contribution in [2.45, 2.75) is 17.9 Å². The first-order chi connectivity index (χ1) is 12.9. The van der Waals surface area contributed by atoms with Crippen LogP contribution < -0.4 is 10.0 Å². The minimum absolute atomic E-state index is 0.0591. The molecule has 0 aliphatic rings. The summed E-state index contributed by atoms with van der Waals surface area (Å²) in [6, 6.07) is 12.0. The molecular formula is C18H15FN4O2S2. The molecule has 0 unspecified atom stereocenters. The van der Waals surface area contributed by atoms with Gasteiger partial charge in [-0.15, -0.1) is 11.3 Å². The summed E-state index contributed by atoms with van der Waals surface area (Å²) in [4.78, 5) is 3.82. The van der Waals surface area contributed by atoms with E-state index in [0.29, 0.717) is 11.3 Å². The lowest BCUT2D eigenvalue weighted by molar-refractivity contribution is 0.600. The number of anilines is 2. The lowest BCUT2D eigenvalue weighted by atomic mass is 10.1. The highest BCUT2D eigenvalue weighted by Gasteiger charge is 2.18. The Kier molecular flexibility index (Phi) is 5.39. The monoisotopic (exact) mass is 402 g/mol. The zero-order valence-electron chi connectivity index (χ0n) is 14.2. The predicted molar refractivity (Wildman–Crippen MR) is 103 cm³/mol. The van der Waals surface area contributed by atoms with Crippen molar-refractivity contribution < 1.29 is 12.8 Å². The van der Waals surface area contributed by atoms with Crippen LogP contribution in [0.15, 0.2) is 58.3 Å². The molecule has 27 heavy (non-hydrogen) atoms. The van der Waals surface area contributed by atoms with E-state index in [2.05, 4.69) is 15.0 Å². The summed E-state index contributed by atoms with van der Waals surface area (Å²) in [7, 11) is -3.86. The maximum atomic E-state index is 13.9. The van der Waals surface area contributed by atoms with Crippen LogP contribution in [0.5, 0.6) is 0 Å². The third-order valence-electron chi connectivity index (χ3n) is 3.84. The molecule has 1 heterocycles. The number of halogens is 1. The lowest BCUT2D eigenvalue weighted by Crippen LogP contribution is -2.14. The summed E-state index contributed by atoms with van der Waals surface area (Å²) in [5, 5.41) is 14.0. The molecule has 2 N–H and O–H groups in total. The molecule has 138 valence electrons. The van der Waals surface area contributed by atoms with Gasteiger partial charge >= 0.3 is 0 Å². The van der Waals surface area contributed by atoms with Crippen LogP contribution in [0, 0.1) is 17.1 Å². The van der Waals surface area contributed by atoms with Crippen LogP contribution in [-0.4, -0.2) is 13.4 Å². The van der Waals surface area contributed by atoms with E-state index in [1.165, 1.54) is 41.1 Å². The highest BCUT2D eigenvalue weighted by Crippen LogP contribution is 2.26. The van der Waals surface area contributed by atoms with Gasteiger partial charge in [-0.3, -0.25) is 4.72 Å². The number of nitrogens with one attached hydrogen (secondary N) is 2. The molecule has 9 heteroatoms. The van der Waals surface area contributed by atoms with Crippen LogP contribution in [0.25, 0.3) is 0 Å². The van der Waals surface area contributed by atoms with Gasteiger partial charge in [-0.1, -0.05) is 18.2 Å². The zero-order valence-corrected chi connectivity index (χ0v) is 15.8. The van der Waals surface area contributed by atoms with Crippen molar-refractivity contribution in [2.75, 3.05) is 10.0 Å². The van der Waals surface area contributed by atoms with E-state index in [4.69, 9.17) is 0 Å². The van der Waals surface area contributed by atoms with Crippen molar-refractivity contribution in [1.82, 2.24) is 4.98 Å². The molecule has 2 aromatic carbocycles. The van der Waals surface area contributed by atoms with Crippen molar-refractivity contribution in [3.63, 3.8) is 0 Å². The van der Waals surface area contributed by atoms with Gasteiger partial charge in [0.25, 0.3) is 10.0 Å². The Morgan fingerprint density at radius 2 is 2.04 bits per heavy atom. The molecular weight excluding hydrogens is 387 g/mol. The fourth-order valence-electron chi connectivity index (χ4n) is 2.51. The molecule has 0 saturated carbocycles. The minimum atomic E-state index is -3.86. The van der Waals surface area contributed by atoms with Crippen LogP contribution in [0.3, 0.4) is 0 Å². The third kappa shape index (κ3) is 4.24. The Labute approximate surface area is 160 Å². The van der Waals surface area contributed by atoms with Gasteiger partial charge in [0.1, 0.15) is 11.9 Å². The van der Waals surface area contributed by atoms with Crippen LogP contribution in [0.2, 0.25) is 0 Å². The number of hydrogen-bond acceptors (Lipinski definition) is 6. The Morgan fingerprint density at radius 3 is 2.70 bits per heavy atom. The highest BCUT2D eigenvalue weighted by molar-refractivity contribution is 7.92. The number of nitriles is 1. The smallest absolute Gasteiger partial charge is 0.263 e. The van der Waals surface area contributed by atoms with Crippen LogP contribution >= 0.6 is 11.3 Å². The predicted octanol–water partition coefficient (Wildman–Crippen LogP) is 4.13. The Hall–Kier alpha value is -2.96. The summed E-state index contributed by atoms with van der Waals surface area (Å²) in [6.07, 6.45) is 0. The molecule has 0 aliphatic carbocycles. The Bertz CT molecular complexity index is 1090. The number of sulfonamides is 1. The lowest BCUT2D eigenvalue weighted by Gasteiger charge is -2.18. The standard InChI is InChI=1S/C18H15FN4O2S2/c1-12(15-4-2-3-5-16(15)19)22-17-7-6-14(8-13(17)9-20)27(24,25)23-18-10-26-11-21-18/h2-8,10-12,22-23H,1H3/t12-/m0/s1. The number of hydrogen-bond donors (Lipinski definition) is 2. The largest absolute Gasteiger partial charge is 0.377 e. The first-order valence-electron chi connectivity index (χ1n) is 7.87. The van der Waals surface area contributed by atoms with E-state index in [-0.39, 0.29) is 22.1 Å². The second-order valence-electron chi connectivity index (χ2n) is 5.69. The number of thiazole rings is 1. The molecule has 0 radical (unpaired) electrons. The van der Waals surface area contributed by atoms with Crippen molar-refractivity contribution in [3.05, 3.63) is 70.3 Å². The van der Waals surface area contributed by atoms with Gasteiger partial charge in [0.2, 0.25) is 0 Å². The summed E-state index contributed by atoms with van der Waals surface area (Å²) in [5.41, 5.74) is 2.51. The van der Waals surface area contributed by atoms with Crippen molar-refractivity contribution in [2.24, 2.45) is 0 Å². The molecule has 3 rings (SSSR count). The second-order valence-corrected chi connectivity index (χ2v) is 8.09. The van der Waals surface area contributed by atoms with Crippen molar-refractivity contribution >= 4 is 32.9 Å². The summed E-state index contributed by atoms with van der Waals surface area (Å²) >= 11 is 1.26. The average Bonchev–Trinajstić information content (AvgIpc) is 3.14. The van der Waals surface area contributed by atoms with Gasteiger partial charge in [0, 0.05) is 10.9 Å². The summed E-state index contributed by atoms with van der Waals surface area (Å²) < 4.78 is 41.2. The number of rotatable bonds is 6. The SMILES string of the molecule is C[C@H](Nc1ccc(S(=O)(=O)Nc2cscn2)cc1C#N)c1ccccc1F. The van der Waals surface area contributed by atoms with E-state index >= 15 is 0 Å². The molecule has 0 amide bonds. The maximum Gasteiger partial charge on any atom is 0.263 e. The Balaban J connectivity index is 1.87. The molecule has 3 aromatic rings. The Morgan fingerprint density at radius 1 is 1.26 bits per heavy atom. The second kappa shape index (κ2) is 7.73. The van der Waals surface area contributed by atoms with E-state index in [9.17, 15) is 18.1 Å². The molecule has 0 spiro atoms. The normalized spacial score (nSPS) is 12.2. The van der Waals surface area contributed by atoms with E-state index in [0.717, 1.165) is 0 Å². The number of aromatic nitrogens is 1. The van der Waals surface area contributed by atoms with E-state index in [1.807, 2.05) is 6.07 Å². The molecule has 0 fully saturated rings. The first kappa shape index (κ1) is 18.8. The molecule has 1 atom stereocenters. The van der Waals surface area contributed by atoms with Gasteiger partial charge in [-0.2, -0.15) is 5.26 Å². The van der Waals surface area contributed by atoms with E-state index in [1.54, 1.807) is 30.5 Å². The topological polar surface area (TPSA) is 94.9 Å². The van der Waals surface area contributed by atoms with Crippen molar-refractivity contribution in [1.29, 1.82) is 5.26 Å². The molecule has 6 nitrogen and oxygen atoms in total. The highest BCUT2D eigenvalue weighted by atomic mass is 32.2. The minimum Gasteiger partial charge on any atom is -0.377 e. The van der Waals surface area contributed by atoms with Crippen LogP contribution in [0.1, 0.15) is 24.1 Å². The third-order valence-corrected chi connectivity index (χ3v) is 5.78. The molecule has 1 aromatic heterocycles. The van der Waals surface area contributed by atoms with Gasteiger partial charge < -0.3 is 5.32 Å². The fourth-order valence-corrected chi connectivity index (χ4v) is 4.09. The summed E-state index contributed by atoms with van der Waals surface area (Å²) in [6.45, 7) is 1.76. The molecule has 0 saturated heterocycles. The molecule has 0 bridgehead atoms. The van der Waals surface area contributed by atoms with Crippen LogP contribution in [-0.2, 0) is 10.0 Å². The zero-order chi connectivity index (χ0) is 19.4. The van der Waals surface area contributed by atoms with Gasteiger partial charge in [0.15, 0.2) is 5.82 Å². The number of nitrogens with zero attached hydrogens (tertiary/aromatic N) is 2. The first-order valence-corrected chi connectivity index (χ1v) is 10.3. The molecule has 0 aliphatic heterocycles. The number of benzene rings is 2. The summed E-state index contributed by atoms with van der Waals surface area (Å²) in [5.74, 6) is -0.142. The van der Waals surface area contributed by atoms with Crippen LogP contribution in [0.4, 0.5) is 15.9 Å². The van der Waals surface area contributed by atoms with Gasteiger partial charge in [-0.25, -0.2) is 17.8 Å². The van der Waals surface area contributed by atoms with Gasteiger partial charge in [-0.05, 0) is 31.2 Å².